The number of thioether (sulfide) groups is 1. The van der Waals surface area contributed by atoms with Gasteiger partial charge in [0.25, 0.3) is 0 Å². The van der Waals surface area contributed by atoms with Crippen LogP contribution in [-0.2, 0) is 5.41 Å². The Bertz CT molecular complexity index is 651. The second kappa shape index (κ2) is 6.07. The van der Waals surface area contributed by atoms with E-state index in [0.717, 1.165) is 10.5 Å². The molecule has 1 nitrogen and oxygen atoms in total. The summed E-state index contributed by atoms with van der Waals surface area (Å²) >= 11 is 1.33. The van der Waals surface area contributed by atoms with E-state index in [2.05, 4.69) is 46.8 Å². The minimum atomic E-state index is 0.0845. The summed E-state index contributed by atoms with van der Waals surface area (Å²) in [6, 6.07) is 13.8. The summed E-state index contributed by atoms with van der Waals surface area (Å²) in [7, 11) is 0. The Balaban J connectivity index is 2.37. The first-order chi connectivity index (χ1) is 9.79. The fourth-order valence-corrected chi connectivity index (χ4v) is 3.40. The van der Waals surface area contributed by atoms with Gasteiger partial charge < -0.3 is 0 Å². The third kappa shape index (κ3) is 3.76. The third-order valence-corrected chi connectivity index (χ3v) is 4.59. The van der Waals surface area contributed by atoms with E-state index in [1.165, 1.54) is 28.5 Å². The zero-order valence-corrected chi connectivity index (χ0v) is 14.2. The first-order valence-electron chi connectivity index (χ1n) is 7.18. The van der Waals surface area contributed by atoms with Gasteiger partial charge in [-0.3, -0.25) is 4.79 Å². The van der Waals surface area contributed by atoms with E-state index >= 15 is 0 Å². The molecule has 0 atom stereocenters. The quantitative estimate of drug-likeness (QED) is 0.678. The smallest absolute Gasteiger partial charge is 0.224 e. The van der Waals surface area contributed by atoms with E-state index in [4.69, 9.17) is 0 Å². The molecule has 0 saturated heterocycles. The Morgan fingerprint density at radius 1 is 1.00 bits per heavy atom. The van der Waals surface area contributed by atoms with Crippen LogP contribution in [0.25, 0.3) is 0 Å². The summed E-state index contributed by atoms with van der Waals surface area (Å²) in [5, 5.41) is 0.101. The number of carbonyl (C=O) groups excluding carboxylic acids is 1. The molecule has 0 saturated carbocycles. The summed E-state index contributed by atoms with van der Waals surface area (Å²) in [5.74, 6) is 0. The first-order valence-corrected chi connectivity index (χ1v) is 7.99. The molecule has 0 fully saturated rings. The van der Waals surface area contributed by atoms with Gasteiger partial charge in [0.15, 0.2) is 0 Å². The van der Waals surface area contributed by atoms with Crippen molar-refractivity contribution in [3.63, 3.8) is 0 Å². The van der Waals surface area contributed by atoms with Crippen LogP contribution in [0.2, 0.25) is 0 Å². The molecular formula is C19H22OS. The van der Waals surface area contributed by atoms with E-state index in [9.17, 15) is 4.79 Å². The maximum atomic E-state index is 12.4. The van der Waals surface area contributed by atoms with Crippen molar-refractivity contribution in [2.45, 2.75) is 44.9 Å². The van der Waals surface area contributed by atoms with Gasteiger partial charge in [0.1, 0.15) is 0 Å². The Labute approximate surface area is 131 Å². The molecule has 0 aliphatic rings. The maximum absolute atomic E-state index is 12.4. The molecule has 0 unspecified atom stereocenters. The van der Waals surface area contributed by atoms with Crippen LogP contribution >= 0.6 is 11.8 Å². The van der Waals surface area contributed by atoms with Gasteiger partial charge >= 0.3 is 0 Å². The SMILES string of the molecule is Cc1cc(SC(=O)c2ccccc2)c(C)c(C(C)(C)C)c1. The van der Waals surface area contributed by atoms with Gasteiger partial charge in [-0.15, -0.1) is 0 Å². The molecular weight excluding hydrogens is 276 g/mol. The summed E-state index contributed by atoms with van der Waals surface area (Å²) in [6.07, 6.45) is 0. The predicted octanol–water partition coefficient (Wildman–Crippen LogP) is 5.53. The van der Waals surface area contributed by atoms with Crippen LogP contribution in [0.1, 0.15) is 47.8 Å². The predicted molar refractivity (Wildman–Crippen MR) is 91.2 cm³/mol. The van der Waals surface area contributed by atoms with Crippen LogP contribution in [0, 0.1) is 13.8 Å². The van der Waals surface area contributed by atoms with E-state index in [-0.39, 0.29) is 10.5 Å². The molecule has 0 amide bonds. The van der Waals surface area contributed by atoms with Crippen molar-refractivity contribution in [1.29, 1.82) is 0 Å². The normalized spacial score (nSPS) is 11.5. The van der Waals surface area contributed by atoms with Crippen LogP contribution in [-0.4, -0.2) is 5.12 Å². The van der Waals surface area contributed by atoms with Gasteiger partial charge in [-0.05, 0) is 53.8 Å². The topological polar surface area (TPSA) is 17.1 Å². The molecule has 2 aromatic rings. The Kier molecular flexibility index (Phi) is 4.58. The Morgan fingerprint density at radius 2 is 1.62 bits per heavy atom. The summed E-state index contributed by atoms with van der Waals surface area (Å²) in [6.45, 7) is 10.8. The molecule has 110 valence electrons. The van der Waals surface area contributed by atoms with Crippen molar-refractivity contribution in [2.75, 3.05) is 0 Å². The van der Waals surface area contributed by atoms with Crippen molar-refractivity contribution in [3.05, 3.63) is 64.7 Å². The molecule has 2 aromatic carbocycles. The first kappa shape index (κ1) is 15.8. The molecule has 2 rings (SSSR count). The number of hydrogen-bond acceptors (Lipinski definition) is 2. The lowest BCUT2D eigenvalue weighted by Crippen LogP contribution is -2.14. The van der Waals surface area contributed by atoms with Crippen molar-refractivity contribution < 1.29 is 4.79 Å². The van der Waals surface area contributed by atoms with Gasteiger partial charge in [-0.1, -0.05) is 57.2 Å². The highest BCUT2D eigenvalue weighted by Gasteiger charge is 2.20. The highest BCUT2D eigenvalue weighted by molar-refractivity contribution is 8.14. The molecule has 0 aliphatic carbocycles. The average Bonchev–Trinajstić information content (AvgIpc) is 2.42. The molecule has 2 heteroatoms. The minimum Gasteiger partial charge on any atom is -0.281 e. The van der Waals surface area contributed by atoms with Crippen LogP contribution < -0.4 is 0 Å². The summed E-state index contributed by atoms with van der Waals surface area (Å²) in [4.78, 5) is 13.5. The molecule has 0 heterocycles. The van der Waals surface area contributed by atoms with E-state index in [1.54, 1.807) is 0 Å². The second-order valence-corrected chi connectivity index (χ2v) is 7.46. The second-order valence-electron chi connectivity index (χ2n) is 6.44. The van der Waals surface area contributed by atoms with E-state index in [1.807, 2.05) is 30.3 Å². The van der Waals surface area contributed by atoms with Crippen molar-refractivity contribution in [2.24, 2.45) is 0 Å². The standard InChI is InChI=1S/C19H22OS/c1-13-11-16(19(3,4)5)14(2)17(12-13)21-18(20)15-9-7-6-8-10-15/h6-12H,1-5H3. The summed E-state index contributed by atoms with van der Waals surface area (Å²) < 4.78 is 0. The lowest BCUT2D eigenvalue weighted by molar-refractivity contribution is 0.108. The molecule has 0 radical (unpaired) electrons. The van der Waals surface area contributed by atoms with Crippen LogP contribution in [0.5, 0.6) is 0 Å². The van der Waals surface area contributed by atoms with Crippen molar-refractivity contribution >= 4 is 16.9 Å². The number of hydrogen-bond donors (Lipinski definition) is 0. The van der Waals surface area contributed by atoms with Crippen molar-refractivity contribution in [3.8, 4) is 0 Å². The zero-order valence-electron chi connectivity index (χ0n) is 13.4. The lowest BCUT2D eigenvalue weighted by Gasteiger charge is -2.24. The van der Waals surface area contributed by atoms with Gasteiger partial charge in [0, 0.05) is 10.5 Å². The Morgan fingerprint density at radius 3 is 2.19 bits per heavy atom. The highest BCUT2D eigenvalue weighted by atomic mass is 32.2. The fraction of sp³-hybridized carbons (Fsp3) is 0.316. The van der Waals surface area contributed by atoms with Gasteiger partial charge in [0.05, 0.1) is 0 Å². The number of aryl methyl sites for hydroxylation is 1. The average molecular weight is 298 g/mol. The molecule has 0 spiro atoms. The number of carbonyl (C=O) groups is 1. The van der Waals surface area contributed by atoms with Gasteiger partial charge in [0.2, 0.25) is 5.12 Å². The van der Waals surface area contributed by atoms with Crippen LogP contribution in [0.4, 0.5) is 0 Å². The van der Waals surface area contributed by atoms with Gasteiger partial charge in [-0.25, -0.2) is 0 Å². The molecule has 0 aliphatic heterocycles. The highest BCUT2D eigenvalue weighted by Crippen LogP contribution is 2.34. The van der Waals surface area contributed by atoms with E-state index < -0.39 is 0 Å². The largest absolute Gasteiger partial charge is 0.281 e. The summed E-state index contributed by atoms with van der Waals surface area (Å²) in [5.41, 5.74) is 4.56. The van der Waals surface area contributed by atoms with Crippen LogP contribution in [0.3, 0.4) is 0 Å². The number of benzene rings is 2. The molecule has 0 N–H and O–H groups in total. The minimum absolute atomic E-state index is 0.0845. The monoisotopic (exact) mass is 298 g/mol. The molecule has 21 heavy (non-hydrogen) atoms. The maximum Gasteiger partial charge on any atom is 0.224 e. The van der Waals surface area contributed by atoms with Crippen molar-refractivity contribution in [1.82, 2.24) is 0 Å². The molecule has 0 aromatic heterocycles. The van der Waals surface area contributed by atoms with Gasteiger partial charge in [-0.2, -0.15) is 0 Å². The molecule has 0 bridgehead atoms. The fourth-order valence-electron chi connectivity index (χ4n) is 2.44. The Hall–Kier alpha value is -1.54. The third-order valence-electron chi connectivity index (χ3n) is 3.52. The van der Waals surface area contributed by atoms with Crippen LogP contribution in [0.15, 0.2) is 47.4 Å². The number of rotatable bonds is 2. The van der Waals surface area contributed by atoms with E-state index in [0.29, 0.717) is 0 Å². The zero-order chi connectivity index (χ0) is 15.6. The lowest BCUT2D eigenvalue weighted by atomic mass is 9.83.